The second-order valence-corrected chi connectivity index (χ2v) is 8.58. The number of benzene rings is 1. The predicted molar refractivity (Wildman–Crippen MR) is 112 cm³/mol. The minimum atomic E-state index is -0.0512. The van der Waals surface area contributed by atoms with Gasteiger partial charge in [0.1, 0.15) is 18.2 Å². The van der Waals surface area contributed by atoms with Crippen LogP contribution in [0.25, 0.3) is 6.08 Å². The molecule has 1 saturated heterocycles. The van der Waals surface area contributed by atoms with Crippen LogP contribution in [0, 0.1) is 6.92 Å². The Labute approximate surface area is 174 Å². The average molecular weight is 413 g/mol. The minimum absolute atomic E-state index is 0.0512. The first kappa shape index (κ1) is 18.8. The van der Waals surface area contributed by atoms with Crippen molar-refractivity contribution >= 4 is 23.2 Å². The fraction of sp³-hybridized carbons (Fsp3) is 0.409. The van der Waals surface area contributed by atoms with Gasteiger partial charge in [-0.1, -0.05) is 6.07 Å². The molecule has 7 heteroatoms. The number of Topliss-reactive ketones (excluding diaryl/α,β-unsaturated/α-hetero) is 1. The van der Waals surface area contributed by atoms with Crippen LogP contribution < -0.4 is 9.47 Å². The monoisotopic (exact) mass is 412 g/mol. The number of hydrogen-bond donors (Lipinski definition) is 0. The van der Waals surface area contributed by atoms with Crippen LogP contribution in [0.5, 0.6) is 11.5 Å². The SMILES string of the molecule is Cc1c2c(cc3c1O/C(=C\c1cccs1)C3=O)CN(CCN1CCOCC1)CO2. The van der Waals surface area contributed by atoms with E-state index in [1.807, 2.05) is 36.6 Å². The third-order valence-electron chi connectivity index (χ3n) is 5.65. The lowest BCUT2D eigenvalue weighted by Crippen LogP contribution is -2.43. The van der Waals surface area contributed by atoms with Gasteiger partial charge in [0.05, 0.1) is 18.8 Å². The zero-order valence-corrected chi connectivity index (χ0v) is 17.3. The molecule has 1 fully saturated rings. The topological polar surface area (TPSA) is 51.2 Å². The number of rotatable bonds is 4. The standard InChI is InChI=1S/C22H24N2O4S/c1-15-21-16(13-24(14-27-21)5-4-23-6-8-26-9-7-23)11-18-20(25)19(28-22(15)18)12-17-3-2-10-29-17/h2-3,10-12H,4-9,13-14H2,1H3/b19-12-. The highest BCUT2D eigenvalue weighted by Crippen LogP contribution is 2.43. The van der Waals surface area contributed by atoms with E-state index < -0.39 is 0 Å². The molecule has 3 aliphatic heterocycles. The fourth-order valence-corrected chi connectivity index (χ4v) is 4.70. The molecule has 0 radical (unpaired) electrons. The first-order valence-corrected chi connectivity index (χ1v) is 10.9. The van der Waals surface area contributed by atoms with Crippen LogP contribution >= 0.6 is 11.3 Å². The molecule has 5 rings (SSSR count). The molecule has 0 atom stereocenters. The van der Waals surface area contributed by atoms with Crippen molar-refractivity contribution in [2.45, 2.75) is 13.5 Å². The summed E-state index contributed by atoms with van der Waals surface area (Å²) in [6.45, 7) is 8.86. The summed E-state index contributed by atoms with van der Waals surface area (Å²) in [5, 5.41) is 1.99. The molecule has 0 aliphatic carbocycles. The Morgan fingerprint density at radius 2 is 2.00 bits per heavy atom. The van der Waals surface area contributed by atoms with Gasteiger partial charge in [-0.25, -0.2) is 0 Å². The number of allylic oxidation sites excluding steroid dienone is 1. The van der Waals surface area contributed by atoms with Gasteiger partial charge in [-0.3, -0.25) is 14.6 Å². The Bertz CT molecular complexity index is 948. The molecule has 2 aromatic rings. The van der Waals surface area contributed by atoms with Gasteiger partial charge in [-0.15, -0.1) is 11.3 Å². The van der Waals surface area contributed by atoms with Crippen molar-refractivity contribution in [1.82, 2.24) is 9.80 Å². The number of fused-ring (bicyclic) bond motifs is 2. The molecule has 4 heterocycles. The Kier molecular flexibility index (Phi) is 5.13. The van der Waals surface area contributed by atoms with Gasteiger partial charge in [0.15, 0.2) is 5.76 Å². The van der Waals surface area contributed by atoms with E-state index in [9.17, 15) is 4.79 Å². The molecular formula is C22H24N2O4S. The lowest BCUT2D eigenvalue weighted by atomic mass is 10.00. The Hall–Kier alpha value is -2.19. The zero-order chi connectivity index (χ0) is 19.8. The quantitative estimate of drug-likeness (QED) is 0.719. The Morgan fingerprint density at radius 3 is 2.79 bits per heavy atom. The van der Waals surface area contributed by atoms with Gasteiger partial charge in [0.25, 0.3) is 0 Å². The molecule has 0 bridgehead atoms. The van der Waals surface area contributed by atoms with Crippen LogP contribution in [0.2, 0.25) is 0 Å². The molecule has 0 saturated carbocycles. The van der Waals surface area contributed by atoms with Crippen LogP contribution in [-0.4, -0.2) is 61.7 Å². The number of carbonyl (C=O) groups is 1. The summed E-state index contributed by atoms with van der Waals surface area (Å²) in [5.41, 5.74) is 2.61. The van der Waals surface area contributed by atoms with E-state index >= 15 is 0 Å². The number of morpholine rings is 1. The predicted octanol–water partition coefficient (Wildman–Crippen LogP) is 3.16. The summed E-state index contributed by atoms with van der Waals surface area (Å²) < 4.78 is 17.4. The van der Waals surface area contributed by atoms with E-state index in [1.165, 1.54) is 0 Å². The van der Waals surface area contributed by atoms with Crippen molar-refractivity contribution in [3.63, 3.8) is 0 Å². The third kappa shape index (κ3) is 3.71. The number of ether oxygens (including phenoxy) is 3. The largest absolute Gasteiger partial charge is 0.477 e. The van der Waals surface area contributed by atoms with Gasteiger partial charge in [-0.05, 0) is 24.4 Å². The Balaban J connectivity index is 1.33. The van der Waals surface area contributed by atoms with Gasteiger partial charge in [0.2, 0.25) is 5.78 Å². The molecule has 1 aromatic heterocycles. The number of nitrogens with zero attached hydrogens (tertiary/aromatic N) is 2. The summed E-state index contributed by atoms with van der Waals surface area (Å²) in [5.74, 6) is 1.83. The molecule has 29 heavy (non-hydrogen) atoms. The summed E-state index contributed by atoms with van der Waals surface area (Å²) in [6.07, 6.45) is 1.82. The van der Waals surface area contributed by atoms with Gasteiger partial charge in [0, 0.05) is 54.8 Å². The molecule has 152 valence electrons. The molecule has 0 N–H and O–H groups in total. The van der Waals surface area contributed by atoms with Crippen molar-refractivity contribution in [2.75, 3.05) is 46.1 Å². The van der Waals surface area contributed by atoms with Crippen molar-refractivity contribution in [3.05, 3.63) is 50.9 Å². The summed E-state index contributed by atoms with van der Waals surface area (Å²) >= 11 is 1.59. The van der Waals surface area contributed by atoms with Crippen molar-refractivity contribution in [1.29, 1.82) is 0 Å². The Morgan fingerprint density at radius 1 is 1.17 bits per heavy atom. The molecule has 6 nitrogen and oxygen atoms in total. The summed E-state index contributed by atoms with van der Waals surface area (Å²) in [6, 6.07) is 5.90. The van der Waals surface area contributed by atoms with Crippen LogP contribution in [0.1, 0.15) is 26.4 Å². The second-order valence-electron chi connectivity index (χ2n) is 7.60. The molecule has 0 unspecified atom stereocenters. The highest BCUT2D eigenvalue weighted by atomic mass is 32.1. The van der Waals surface area contributed by atoms with E-state index in [-0.39, 0.29) is 5.78 Å². The summed E-state index contributed by atoms with van der Waals surface area (Å²) in [4.78, 5) is 18.6. The second kappa shape index (κ2) is 7.91. The highest BCUT2D eigenvalue weighted by molar-refractivity contribution is 7.10. The third-order valence-corrected chi connectivity index (χ3v) is 6.47. The number of ketones is 1. The van der Waals surface area contributed by atoms with E-state index in [4.69, 9.17) is 14.2 Å². The van der Waals surface area contributed by atoms with Crippen LogP contribution in [0.3, 0.4) is 0 Å². The lowest BCUT2D eigenvalue weighted by Gasteiger charge is -2.33. The lowest BCUT2D eigenvalue weighted by molar-refractivity contribution is 0.0239. The van der Waals surface area contributed by atoms with Crippen molar-refractivity contribution in [3.8, 4) is 11.5 Å². The van der Waals surface area contributed by atoms with Gasteiger partial charge >= 0.3 is 0 Å². The van der Waals surface area contributed by atoms with Crippen LogP contribution in [-0.2, 0) is 11.3 Å². The smallest absolute Gasteiger partial charge is 0.232 e. The van der Waals surface area contributed by atoms with Gasteiger partial charge in [-0.2, -0.15) is 0 Å². The molecular weight excluding hydrogens is 388 g/mol. The van der Waals surface area contributed by atoms with E-state index in [0.717, 1.165) is 67.7 Å². The fourth-order valence-electron chi connectivity index (χ4n) is 4.05. The zero-order valence-electron chi connectivity index (χ0n) is 16.5. The van der Waals surface area contributed by atoms with E-state index in [2.05, 4.69) is 9.80 Å². The molecule has 0 spiro atoms. The minimum Gasteiger partial charge on any atom is -0.477 e. The number of hydrogen-bond acceptors (Lipinski definition) is 7. The maximum Gasteiger partial charge on any atom is 0.232 e. The highest BCUT2D eigenvalue weighted by Gasteiger charge is 2.33. The number of thiophene rings is 1. The maximum atomic E-state index is 12.9. The molecule has 1 aromatic carbocycles. The first-order valence-electron chi connectivity index (χ1n) is 9.98. The average Bonchev–Trinajstić information content (AvgIpc) is 3.37. The molecule has 0 amide bonds. The molecule has 3 aliphatic rings. The number of carbonyl (C=O) groups excluding carboxylic acids is 1. The van der Waals surface area contributed by atoms with Gasteiger partial charge < -0.3 is 14.2 Å². The van der Waals surface area contributed by atoms with Crippen LogP contribution in [0.4, 0.5) is 0 Å². The normalized spacial score (nSPS) is 21.0. The summed E-state index contributed by atoms with van der Waals surface area (Å²) in [7, 11) is 0. The first-order chi connectivity index (χ1) is 14.2. The van der Waals surface area contributed by atoms with Crippen molar-refractivity contribution < 1.29 is 19.0 Å². The van der Waals surface area contributed by atoms with Crippen molar-refractivity contribution in [2.24, 2.45) is 0 Å². The van der Waals surface area contributed by atoms with E-state index in [1.54, 1.807) is 11.3 Å². The van der Waals surface area contributed by atoms with E-state index in [0.29, 0.717) is 23.8 Å². The maximum absolute atomic E-state index is 12.9. The van der Waals surface area contributed by atoms with Crippen LogP contribution in [0.15, 0.2) is 29.3 Å².